The summed E-state index contributed by atoms with van der Waals surface area (Å²) in [6.07, 6.45) is 0.979. The number of para-hydroxylation sites is 1. The molecule has 0 aliphatic carbocycles. The number of aryl methyl sites for hydroxylation is 1. The molecular weight excluding hydrogens is 383 g/mol. The third-order valence-corrected chi connectivity index (χ3v) is 5.36. The van der Waals surface area contributed by atoms with Crippen molar-refractivity contribution in [1.82, 2.24) is 5.32 Å². The van der Waals surface area contributed by atoms with Gasteiger partial charge in [0.05, 0.1) is 18.0 Å². The largest absolute Gasteiger partial charge is 0.491 e. The number of sulfonamides is 1. The third-order valence-electron chi connectivity index (χ3n) is 4.12. The lowest BCUT2D eigenvalue weighted by Gasteiger charge is -2.29. The van der Waals surface area contributed by atoms with Gasteiger partial charge in [-0.3, -0.25) is 9.10 Å². The van der Waals surface area contributed by atoms with Gasteiger partial charge in [-0.15, -0.1) is 0 Å². The molecule has 2 atom stereocenters. The quantitative estimate of drug-likeness (QED) is 0.729. The molecule has 2 rings (SSSR count). The highest BCUT2D eigenvalue weighted by molar-refractivity contribution is 7.92. The number of amides is 1. The first kappa shape index (κ1) is 21.7. The summed E-state index contributed by atoms with van der Waals surface area (Å²) in [7, 11) is -3.80. The number of benzene rings is 2. The number of anilines is 1. The minimum Gasteiger partial charge on any atom is -0.491 e. The number of halogens is 1. The van der Waals surface area contributed by atoms with Gasteiger partial charge in [0, 0.05) is 0 Å². The normalized spacial score (nSPS) is 13.5. The monoisotopic (exact) mass is 408 g/mol. The van der Waals surface area contributed by atoms with Gasteiger partial charge in [-0.05, 0) is 50.6 Å². The standard InChI is InChI=1S/C20H25FN2O4S/c1-14-8-5-6-11-19(14)27-13-15(2)22-20(24)16(3)23(28(4,25)26)18-10-7-9-17(21)12-18/h5-12,15-16H,13H2,1-4H3,(H,22,24). The Bertz CT molecular complexity index is 933. The van der Waals surface area contributed by atoms with Crippen LogP contribution in [0.3, 0.4) is 0 Å². The van der Waals surface area contributed by atoms with Crippen molar-refractivity contribution >= 4 is 21.6 Å². The summed E-state index contributed by atoms with van der Waals surface area (Å²) >= 11 is 0. The fraction of sp³-hybridized carbons (Fsp3) is 0.350. The van der Waals surface area contributed by atoms with E-state index in [-0.39, 0.29) is 18.3 Å². The van der Waals surface area contributed by atoms with Crippen LogP contribution in [0.1, 0.15) is 19.4 Å². The molecule has 0 saturated heterocycles. The fourth-order valence-electron chi connectivity index (χ4n) is 2.76. The number of carbonyl (C=O) groups excluding carboxylic acids is 1. The second-order valence-corrected chi connectivity index (χ2v) is 8.56. The summed E-state index contributed by atoms with van der Waals surface area (Å²) in [6.45, 7) is 5.36. The van der Waals surface area contributed by atoms with E-state index in [4.69, 9.17) is 4.74 Å². The van der Waals surface area contributed by atoms with Gasteiger partial charge in [-0.1, -0.05) is 24.3 Å². The summed E-state index contributed by atoms with van der Waals surface area (Å²) in [5.41, 5.74) is 1.07. The van der Waals surface area contributed by atoms with Gasteiger partial charge in [0.15, 0.2) is 0 Å². The maximum absolute atomic E-state index is 13.5. The van der Waals surface area contributed by atoms with E-state index < -0.39 is 27.8 Å². The van der Waals surface area contributed by atoms with Crippen LogP contribution in [0.5, 0.6) is 5.75 Å². The number of nitrogens with one attached hydrogen (secondary N) is 1. The average molecular weight is 408 g/mol. The Kier molecular flexibility index (Phi) is 7.01. The van der Waals surface area contributed by atoms with Crippen molar-refractivity contribution in [2.45, 2.75) is 32.9 Å². The Labute approximate surface area is 165 Å². The zero-order valence-corrected chi connectivity index (χ0v) is 17.2. The predicted molar refractivity (Wildman–Crippen MR) is 107 cm³/mol. The van der Waals surface area contributed by atoms with Gasteiger partial charge in [0.1, 0.15) is 24.2 Å². The van der Waals surface area contributed by atoms with Gasteiger partial charge < -0.3 is 10.1 Å². The van der Waals surface area contributed by atoms with E-state index in [2.05, 4.69) is 5.32 Å². The molecular formula is C20H25FN2O4S. The second-order valence-electron chi connectivity index (χ2n) is 6.70. The minimum atomic E-state index is -3.80. The summed E-state index contributed by atoms with van der Waals surface area (Å²) in [5, 5.41) is 2.74. The molecule has 0 saturated carbocycles. The number of carbonyl (C=O) groups is 1. The van der Waals surface area contributed by atoms with Crippen molar-refractivity contribution in [3.05, 3.63) is 59.9 Å². The van der Waals surface area contributed by atoms with E-state index in [1.54, 1.807) is 6.92 Å². The lowest BCUT2D eigenvalue weighted by atomic mass is 10.2. The highest BCUT2D eigenvalue weighted by atomic mass is 32.2. The molecule has 1 amide bonds. The molecule has 0 heterocycles. The highest BCUT2D eigenvalue weighted by Crippen LogP contribution is 2.22. The molecule has 0 spiro atoms. The Morgan fingerprint density at radius 2 is 1.86 bits per heavy atom. The van der Waals surface area contributed by atoms with Crippen LogP contribution in [0.25, 0.3) is 0 Å². The molecule has 0 radical (unpaired) electrons. The number of ether oxygens (including phenoxy) is 1. The molecule has 28 heavy (non-hydrogen) atoms. The van der Waals surface area contributed by atoms with Crippen LogP contribution in [0.4, 0.5) is 10.1 Å². The Morgan fingerprint density at radius 3 is 2.46 bits per heavy atom. The predicted octanol–water partition coefficient (Wildman–Crippen LogP) is 2.87. The first-order chi connectivity index (χ1) is 13.1. The molecule has 6 nitrogen and oxygen atoms in total. The molecule has 0 aliphatic rings. The van der Waals surface area contributed by atoms with Crippen LogP contribution in [0.15, 0.2) is 48.5 Å². The lowest BCUT2D eigenvalue weighted by molar-refractivity contribution is -0.122. The fourth-order valence-corrected chi connectivity index (χ4v) is 3.93. The van der Waals surface area contributed by atoms with Crippen LogP contribution in [-0.4, -0.2) is 39.3 Å². The molecule has 8 heteroatoms. The van der Waals surface area contributed by atoms with Crippen molar-refractivity contribution in [2.75, 3.05) is 17.2 Å². The molecule has 2 unspecified atom stereocenters. The molecule has 152 valence electrons. The maximum Gasteiger partial charge on any atom is 0.243 e. The summed E-state index contributed by atoms with van der Waals surface area (Å²) in [4.78, 5) is 12.6. The van der Waals surface area contributed by atoms with Gasteiger partial charge in [-0.2, -0.15) is 0 Å². The Morgan fingerprint density at radius 1 is 1.18 bits per heavy atom. The molecule has 0 bridgehead atoms. The van der Waals surface area contributed by atoms with Crippen molar-refractivity contribution in [2.24, 2.45) is 0 Å². The van der Waals surface area contributed by atoms with Crippen LogP contribution in [0, 0.1) is 12.7 Å². The number of hydrogen-bond donors (Lipinski definition) is 1. The topological polar surface area (TPSA) is 75.7 Å². The Balaban J connectivity index is 2.07. The van der Waals surface area contributed by atoms with E-state index >= 15 is 0 Å². The van der Waals surface area contributed by atoms with Crippen LogP contribution >= 0.6 is 0 Å². The van der Waals surface area contributed by atoms with E-state index in [1.807, 2.05) is 31.2 Å². The third kappa shape index (κ3) is 5.69. The van der Waals surface area contributed by atoms with Crippen LogP contribution in [0.2, 0.25) is 0 Å². The molecule has 0 fully saturated rings. The number of hydrogen-bond acceptors (Lipinski definition) is 4. The van der Waals surface area contributed by atoms with Crippen LogP contribution in [-0.2, 0) is 14.8 Å². The maximum atomic E-state index is 13.5. The first-order valence-electron chi connectivity index (χ1n) is 8.83. The highest BCUT2D eigenvalue weighted by Gasteiger charge is 2.30. The summed E-state index contributed by atoms with van der Waals surface area (Å²) in [6, 6.07) is 11.2. The van der Waals surface area contributed by atoms with Crippen molar-refractivity contribution in [3.8, 4) is 5.75 Å². The zero-order valence-electron chi connectivity index (χ0n) is 16.3. The van der Waals surface area contributed by atoms with Gasteiger partial charge in [-0.25, -0.2) is 12.8 Å². The van der Waals surface area contributed by atoms with E-state index in [1.165, 1.54) is 25.1 Å². The molecule has 0 aliphatic heterocycles. The Hall–Kier alpha value is -2.61. The van der Waals surface area contributed by atoms with Gasteiger partial charge >= 0.3 is 0 Å². The lowest BCUT2D eigenvalue weighted by Crippen LogP contribution is -2.50. The first-order valence-corrected chi connectivity index (χ1v) is 10.7. The molecule has 2 aromatic carbocycles. The SMILES string of the molecule is Cc1ccccc1OCC(C)NC(=O)C(C)N(c1cccc(F)c1)S(C)(=O)=O. The van der Waals surface area contributed by atoms with Crippen molar-refractivity contribution in [1.29, 1.82) is 0 Å². The molecule has 0 aromatic heterocycles. The van der Waals surface area contributed by atoms with Crippen LogP contribution < -0.4 is 14.4 Å². The zero-order chi connectivity index (χ0) is 20.9. The van der Waals surface area contributed by atoms with E-state index in [0.717, 1.165) is 22.2 Å². The smallest absolute Gasteiger partial charge is 0.243 e. The van der Waals surface area contributed by atoms with E-state index in [0.29, 0.717) is 5.75 Å². The van der Waals surface area contributed by atoms with E-state index in [9.17, 15) is 17.6 Å². The minimum absolute atomic E-state index is 0.0916. The summed E-state index contributed by atoms with van der Waals surface area (Å²) in [5.74, 6) is -0.372. The molecule has 2 aromatic rings. The average Bonchev–Trinajstić information content (AvgIpc) is 2.60. The summed E-state index contributed by atoms with van der Waals surface area (Å²) < 4.78 is 44.6. The number of rotatable bonds is 8. The van der Waals surface area contributed by atoms with Gasteiger partial charge in [0.25, 0.3) is 0 Å². The van der Waals surface area contributed by atoms with Gasteiger partial charge in [0.2, 0.25) is 15.9 Å². The number of nitrogens with zero attached hydrogens (tertiary/aromatic N) is 1. The van der Waals surface area contributed by atoms with Crippen molar-refractivity contribution < 1.29 is 22.3 Å². The van der Waals surface area contributed by atoms with Crippen molar-refractivity contribution in [3.63, 3.8) is 0 Å². The molecule has 1 N–H and O–H groups in total. The second kappa shape index (κ2) is 9.05.